The van der Waals surface area contributed by atoms with Gasteiger partial charge in [-0.15, -0.1) is 0 Å². The van der Waals surface area contributed by atoms with E-state index in [9.17, 15) is 28.8 Å². The van der Waals surface area contributed by atoms with Gasteiger partial charge < -0.3 is 65.3 Å². The van der Waals surface area contributed by atoms with Crippen molar-refractivity contribution in [2.24, 2.45) is 34.4 Å². The van der Waals surface area contributed by atoms with Crippen molar-refractivity contribution < 1.29 is 28.8 Å². The summed E-state index contributed by atoms with van der Waals surface area (Å²) in [6.45, 7) is 6.64. The summed E-state index contributed by atoms with van der Waals surface area (Å²) in [6.07, 6.45) is 2.75. The Kier molecular flexibility index (Phi) is 21.5. The Labute approximate surface area is 543 Å². The van der Waals surface area contributed by atoms with Crippen molar-refractivity contribution in [2.75, 3.05) is 35.6 Å². The number of nitrogens with two attached hydrogens (primary N) is 6. The van der Waals surface area contributed by atoms with E-state index in [0.717, 1.165) is 66.5 Å². The number of aryl methyl sites for hydroxylation is 3. The predicted octanol–water partition coefficient (Wildman–Crippen LogP) is 10.9. The van der Waals surface area contributed by atoms with Gasteiger partial charge in [-0.1, -0.05) is 71.2 Å². The second-order valence-corrected chi connectivity index (χ2v) is 25.2. The van der Waals surface area contributed by atoms with Crippen LogP contribution < -0.4 is 50.4 Å². The molecule has 9 rings (SSSR count). The lowest BCUT2D eigenvalue weighted by Crippen LogP contribution is -2.58. The molecule has 18 N–H and O–H groups in total. The Morgan fingerprint density at radius 2 is 0.648 bits per heavy atom. The molecule has 0 aliphatic heterocycles. The molecule has 0 aliphatic carbocycles. The van der Waals surface area contributed by atoms with E-state index in [2.05, 4.69) is 30.9 Å². The number of carbonyl (C=O) groups is 6. The van der Waals surface area contributed by atoms with Crippen molar-refractivity contribution in [3.8, 4) is 0 Å². The van der Waals surface area contributed by atoms with E-state index in [0.29, 0.717) is 107 Å². The maximum Gasteiger partial charge on any atom is 0.252 e. The van der Waals surface area contributed by atoms with E-state index in [-0.39, 0.29) is 38.5 Å². The third-order valence-corrected chi connectivity index (χ3v) is 18.3. The summed E-state index contributed by atoms with van der Waals surface area (Å²) in [5.41, 5.74) is 42.8. The zero-order valence-corrected chi connectivity index (χ0v) is 53.6. The van der Waals surface area contributed by atoms with Gasteiger partial charge in [-0.25, -0.2) is 0 Å². The summed E-state index contributed by atoms with van der Waals surface area (Å²) >= 11 is 19.1. The highest BCUT2D eigenvalue weighted by Gasteiger charge is 2.44. The number of carbonyl (C=O) groups excluding carboxylic acids is 6. The minimum Gasteiger partial charge on any atom is -0.358 e. The Bertz CT molecular complexity index is 3740. The molecule has 3 heterocycles. The number of nitrogens with one attached hydrogen (secondary N) is 6. The summed E-state index contributed by atoms with van der Waals surface area (Å²) in [5.74, 6) is -3.94. The van der Waals surface area contributed by atoms with E-state index in [4.69, 9.17) is 69.2 Å². The van der Waals surface area contributed by atoms with Crippen molar-refractivity contribution in [1.29, 1.82) is 0 Å². The number of unbranched alkanes of at least 4 members (excludes halogenated alkanes) is 3. The van der Waals surface area contributed by atoms with Crippen LogP contribution in [0.3, 0.4) is 0 Å². The molecule has 0 spiro atoms. The quantitative estimate of drug-likeness (QED) is 0.0114. The Balaban J connectivity index is 1.00. The number of rotatable bonds is 30. The molecule has 0 unspecified atom stereocenters. The maximum absolute atomic E-state index is 14.4. The number of ketones is 3. The SMILES string of the molecule is Cc1[nH]c2ccc(Cl)cc2c1CC(=O)[C@@](N)(CCCCN)C(=O)Nc1ccc(C(c2ccc(NC(=O)[C@](N)(CCCCN)C(=O)Cc3c(C)[nH]c4ccc(Cl)cc34)cc2)c2ccc(NC(=O)[C@](N)(CCCCN)C(=O)Cc3c(C)[nH]c4ccc(Cl)cc34)cc2)cc1. The summed E-state index contributed by atoms with van der Waals surface area (Å²) in [6, 6.07) is 37.6. The fraction of sp³-hybridized carbons (Fsp3) is 0.314. The fourth-order valence-corrected chi connectivity index (χ4v) is 12.6. The Morgan fingerprint density at radius 1 is 0.396 bits per heavy atom. The molecule has 0 fully saturated rings. The number of aromatic amines is 3. The number of aromatic nitrogens is 3. The topological polar surface area (TPSA) is 342 Å². The number of amides is 3. The number of hydrogen-bond acceptors (Lipinski definition) is 12. The molecule has 476 valence electrons. The third kappa shape index (κ3) is 15.0. The van der Waals surface area contributed by atoms with Crippen molar-refractivity contribution in [2.45, 2.75) is 120 Å². The smallest absolute Gasteiger partial charge is 0.252 e. The number of halogens is 3. The molecular formula is C70H79Cl3N12O6. The maximum atomic E-state index is 14.4. The molecule has 3 atom stereocenters. The highest BCUT2D eigenvalue weighted by Crippen LogP contribution is 2.37. The van der Waals surface area contributed by atoms with Gasteiger partial charge in [0.25, 0.3) is 17.7 Å². The lowest BCUT2D eigenvalue weighted by Gasteiger charge is -2.28. The number of H-pyrrole nitrogens is 3. The molecule has 9 aromatic rings. The highest BCUT2D eigenvalue weighted by molar-refractivity contribution is 6.32. The van der Waals surface area contributed by atoms with E-state index in [1.54, 1.807) is 72.8 Å². The van der Waals surface area contributed by atoms with Crippen molar-refractivity contribution in [1.82, 2.24) is 15.0 Å². The number of anilines is 3. The molecule has 91 heavy (non-hydrogen) atoms. The minimum atomic E-state index is -1.92. The van der Waals surface area contributed by atoms with Crippen LogP contribution in [0.5, 0.6) is 0 Å². The van der Waals surface area contributed by atoms with Crippen LogP contribution in [0.2, 0.25) is 15.1 Å². The third-order valence-electron chi connectivity index (χ3n) is 17.5. The summed E-state index contributed by atoms with van der Waals surface area (Å²) in [7, 11) is 0. The molecule has 6 aromatic carbocycles. The van der Waals surface area contributed by atoms with Gasteiger partial charge in [0.05, 0.1) is 0 Å². The van der Waals surface area contributed by atoms with E-state index in [1.807, 2.05) is 75.4 Å². The Hall–Kier alpha value is -8.01. The molecule has 21 heteroatoms. The number of hydrogen-bond donors (Lipinski definition) is 12. The van der Waals surface area contributed by atoms with Gasteiger partial charge in [-0.05, 0) is 223 Å². The first-order chi connectivity index (χ1) is 43.5. The summed E-state index contributed by atoms with van der Waals surface area (Å²) < 4.78 is 0. The normalized spacial score (nSPS) is 13.7. The first kappa shape index (κ1) is 67.4. The second-order valence-electron chi connectivity index (χ2n) is 23.9. The summed E-state index contributed by atoms with van der Waals surface area (Å²) in [5, 5.41) is 12.6. The fourth-order valence-electron chi connectivity index (χ4n) is 12.1. The van der Waals surface area contributed by atoms with Crippen LogP contribution in [0.25, 0.3) is 32.7 Å². The lowest BCUT2D eigenvalue weighted by atomic mass is 9.83. The highest BCUT2D eigenvalue weighted by atomic mass is 35.5. The van der Waals surface area contributed by atoms with Crippen LogP contribution in [0.15, 0.2) is 127 Å². The predicted molar refractivity (Wildman–Crippen MR) is 366 cm³/mol. The van der Waals surface area contributed by atoms with Gasteiger partial charge >= 0.3 is 0 Å². The average Bonchev–Trinajstić information content (AvgIpc) is 1.83. The van der Waals surface area contributed by atoms with Crippen molar-refractivity contribution in [3.05, 3.63) is 193 Å². The number of Topliss-reactive ketones (excluding diaryl/α,β-unsaturated/α-hetero) is 3. The average molecular weight is 1290 g/mol. The largest absolute Gasteiger partial charge is 0.358 e. The molecule has 3 aromatic heterocycles. The summed E-state index contributed by atoms with van der Waals surface area (Å²) in [4.78, 5) is 96.4. The lowest BCUT2D eigenvalue weighted by molar-refractivity contribution is -0.134. The van der Waals surface area contributed by atoms with Crippen LogP contribution in [0.4, 0.5) is 17.1 Å². The van der Waals surface area contributed by atoms with Crippen LogP contribution in [-0.4, -0.2) is 86.3 Å². The number of benzene rings is 6. The molecule has 0 saturated heterocycles. The minimum absolute atomic E-state index is 0.0542. The van der Waals surface area contributed by atoms with E-state index < -0.39 is 57.6 Å². The molecule has 0 bridgehead atoms. The van der Waals surface area contributed by atoms with Gasteiger partial charge in [-0.2, -0.15) is 0 Å². The van der Waals surface area contributed by atoms with E-state index in [1.165, 1.54) is 0 Å². The monoisotopic (exact) mass is 1290 g/mol. The van der Waals surface area contributed by atoms with Gasteiger partial charge in [0.2, 0.25) is 0 Å². The molecule has 0 saturated carbocycles. The molecular weight excluding hydrogens is 1210 g/mol. The van der Waals surface area contributed by atoms with Crippen molar-refractivity contribution in [3.63, 3.8) is 0 Å². The second kappa shape index (κ2) is 29.1. The van der Waals surface area contributed by atoms with Gasteiger partial charge in [0.1, 0.15) is 0 Å². The zero-order valence-electron chi connectivity index (χ0n) is 51.4. The van der Waals surface area contributed by atoms with Crippen LogP contribution in [-0.2, 0) is 48.0 Å². The van der Waals surface area contributed by atoms with Gasteiger partial charge in [0.15, 0.2) is 34.0 Å². The van der Waals surface area contributed by atoms with Crippen LogP contribution in [0.1, 0.15) is 114 Å². The first-order valence-corrected chi connectivity index (χ1v) is 31.7. The number of fused-ring (bicyclic) bond motifs is 3. The molecule has 18 nitrogen and oxygen atoms in total. The van der Waals surface area contributed by atoms with Gasteiger partial charge in [-0.3, -0.25) is 28.8 Å². The molecule has 0 radical (unpaired) electrons. The first-order valence-electron chi connectivity index (χ1n) is 30.6. The zero-order chi connectivity index (χ0) is 65.4. The molecule has 3 amide bonds. The Morgan fingerprint density at radius 3 is 0.890 bits per heavy atom. The van der Waals surface area contributed by atoms with E-state index >= 15 is 0 Å². The molecule has 0 aliphatic rings. The van der Waals surface area contributed by atoms with Crippen LogP contribution >= 0.6 is 34.8 Å². The van der Waals surface area contributed by atoms with Crippen molar-refractivity contribution >= 4 is 120 Å². The standard InChI is InChI=1S/C70H79Cl3N12O6/c1-40-52(55-34-46(71)16-25-58(55)80-40)37-61(86)68(77,28-4-7-31-74)65(89)83-49-19-10-43(11-20-49)64(44-12-21-50(22-13-44)84-66(90)69(78,29-5-8-32-75)62(87)38-53-41(2)81-59-26-17-47(72)35-56(53)59)45-14-23-51(24-15-45)85-67(91)70(79,30-6-9-33-76)63(88)39-54-42(3)82-60-27-18-48(73)36-57(54)60/h10-27,34-36,64,80-82H,4-9,28-33,37-39,74-79H2,1-3H3,(H,83,89)(H,84,90)(H,85,91)/t68-,69-,70-/m0/s1. The van der Waals surface area contributed by atoms with Crippen LogP contribution in [0, 0.1) is 20.8 Å². The van der Waals surface area contributed by atoms with Gasteiger partial charge in [0, 0.05) is 107 Å².